The number of nitrogens with one attached hydrogen (secondary N) is 1. The molecule has 9 nitrogen and oxygen atoms in total. The smallest absolute Gasteiger partial charge is 0.336 e. The standard InChI is InChI=1S/C30H31NO8S/c32-17-19-8-10-20(11-9-19)25-16-23(18-40-26-5-2-1-4-24(26)29(36)37)38-30(39-25)21-12-14-22(15-13-21)31-27(33)6-3-7-28(34)35/h1-2,4-5,8-15,23,25,30,32H,3,6-7,16-18H2,(H,31,33)(H,34,35)(H,36,37)/t23-,25+,30+/m0/s1. The molecule has 4 N–H and O–H groups in total. The van der Waals surface area contributed by atoms with E-state index in [1.165, 1.54) is 11.8 Å². The third kappa shape index (κ3) is 8.15. The van der Waals surface area contributed by atoms with Gasteiger partial charge in [0.15, 0.2) is 6.29 Å². The largest absolute Gasteiger partial charge is 0.481 e. The van der Waals surface area contributed by atoms with Gasteiger partial charge < -0.3 is 30.1 Å². The van der Waals surface area contributed by atoms with Gasteiger partial charge in [-0.1, -0.05) is 48.5 Å². The van der Waals surface area contributed by atoms with Gasteiger partial charge in [0.05, 0.1) is 24.4 Å². The molecule has 1 aliphatic heterocycles. The van der Waals surface area contributed by atoms with E-state index in [-0.39, 0.29) is 49.5 Å². The van der Waals surface area contributed by atoms with Crippen molar-refractivity contribution in [1.29, 1.82) is 0 Å². The molecular formula is C30H31NO8S. The summed E-state index contributed by atoms with van der Waals surface area (Å²) in [7, 11) is 0. The Bertz CT molecular complexity index is 1310. The van der Waals surface area contributed by atoms with E-state index in [1.807, 2.05) is 24.3 Å². The number of ether oxygens (including phenoxy) is 2. The van der Waals surface area contributed by atoms with Crippen LogP contribution in [-0.2, 0) is 25.7 Å². The fourth-order valence-electron chi connectivity index (χ4n) is 4.32. The Labute approximate surface area is 236 Å². The average Bonchev–Trinajstić information content (AvgIpc) is 2.96. The molecule has 4 rings (SSSR count). The number of rotatable bonds is 12. The molecule has 0 aliphatic carbocycles. The Kier molecular flexibility index (Phi) is 10.3. The monoisotopic (exact) mass is 565 g/mol. The van der Waals surface area contributed by atoms with E-state index in [0.29, 0.717) is 22.8 Å². The van der Waals surface area contributed by atoms with Crippen molar-refractivity contribution in [2.45, 2.75) is 55.7 Å². The predicted octanol–water partition coefficient (Wildman–Crippen LogP) is 5.41. The van der Waals surface area contributed by atoms with Gasteiger partial charge in [-0.2, -0.15) is 0 Å². The lowest BCUT2D eigenvalue weighted by Crippen LogP contribution is -2.31. The van der Waals surface area contributed by atoms with Crippen LogP contribution in [0.15, 0.2) is 77.7 Å². The van der Waals surface area contributed by atoms with E-state index in [4.69, 9.17) is 14.6 Å². The summed E-state index contributed by atoms with van der Waals surface area (Å²) in [6, 6.07) is 21.5. The molecule has 0 bridgehead atoms. The second-order valence-electron chi connectivity index (χ2n) is 9.38. The molecule has 3 aromatic rings. The summed E-state index contributed by atoms with van der Waals surface area (Å²) in [5.41, 5.74) is 3.31. The molecule has 0 unspecified atom stereocenters. The summed E-state index contributed by atoms with van der Waals surface area (Å²) in [5, 5.41) is 30.5. The first-order valence-electron chi connectivity index (χ1n) is 12.9. The summed E-state index contributed by atoms with van der Waals surface area (Å²) in [6.45, 7) is -0.0533. The number of hydrogen-bond acceptors (Lipinski definition) is 7. The van der Waals surface area contributed by atoms with E-state index < -0.39 is 18.2 Å². The lowest BCUT2D eigenvalue weighted by Gasteiger charge is -2.36. The molecule has 0 saturated carbocycles. The fraction of sp³-hybridized carbons (Fsp3) is 0.300. The van der Waals surface area contributed by atoms with Crippen LogP contribution in [-0.4, -0.2) is 45.0 Å². The zero-order valence-corrected chi connectivity index (χ0v) is 22.5. The minimum atomic E-state index is -0.982. The molecule has 1 saturated heterocycles. The van der Waals surface area contributed by atoms with Gasteiger partial charge in [-0.15, -0.1) is 11.8 Å². The highest BCUT2D eigenvalue weighted by Crippen LogP contribution is 2.40. The molecule has 10 heteroatoms. The lowest BCUT2D eigenvalue weighted by atomic mass is 10.0. The van der Waals surface area contributed by atoms with Gasteiger partial charge in [-0.05, 0) is 41.8 Å². The molecular weight excluding hydrogens is 534 g/mol. The molecule has 0 spiro atoms. The number of thioether (sulfide) groups is 1. The molecule has 40 heavy (non-hydrogen) atoms. The van der Waals surface area contributed by atoms with E-state index >= 15 is 0 Å². The molecule has 1 fully saturated rings. The summed E-state index contributed by atoms with van der Waals surface area (Å²) >= 11 is 1.42. The van der Waals surface area contributed by atoms with Crippen LogP contribution in [0.25, 0.3) is 0 Å². The average molecular weight is 566 g/mol. The fourth-order valence-corrected chi connectivity index (χ4v) is 5.39. The van der Waals surface area contributed by atoms with E-state index in [9.17, 15) is 24.6 Å². The lowest BCUT2D eigenvalue weighted by molar-refractivity contribution is -0.245. The number of amides is 1. The number of carbonyl (C=O) groups excluding carboxylic acids is 1. The number of carboxylic acids is 2. The van der Waals surface area contributed by atoms with Crippen molar-refractivity contribution >= 4 is 35.3 Å². The molecule has 3 aromatic carbocycles. The van der Waals surface area contributed by atoms with Crippen LogP contribution in [0.3, 0.4) is 0 Å². The Balaban J connectivity index is 1.47. The van der Waals surface area contributed by atoms with Crippen LogP contribution in [0.5, 0.6) is 0 Å². The maximum Gasteiger partial charge on any atom is 0.336 e. The first-order chi connectivity index (χ1) is 19.3. The number of anilines is 1. The molecule has 210 valence electrons. The Morgan fingerprint density at radius 3 is 2.25 bits per heavy atom. The van der Waals surface area contributed by atoms with Crippen molar-refractivity contribution in [3.63, 3.8) is 0 Å². The first kappa shape index (κ1) is 29.3. The van der Waals surface area contributed by atoms with Gasteiger partial charge in [0.25, 0.3) is 0 Å². The van der Waals surface area contributed by atoms with Gasteiger partial charge in [0.1, 0.15) is 0 Å². The number of aromatic carboxylic acids is 1. The number of carbonyl (C=O) groups is 3. The minimum Gasteiger partial charge on any atom is -0.481 e. The van der Waals surface area contributed by atoms with Gasteiger partial charge in [-0.25, -0.2) is 4.79 Å². The van der Waals surface area contributed by atoms with Crippen LogP contribution < -0.4 is 5.32 Å². The van der Waals surface area contributed by atoms with Crippen molar-refractivity contribution in [2.24, 2.45) is 0 Å². The topological polar surface area (TPSA) is 142 Å². The third-order valence-corrected chi connectivity index (χ3v) is 7.62. The number of aliphatic carboxylic acids is 1. The molecule has 3 atom stereocenters. The molecule has 1 amide bonds. The highest BCUT2D eigenvalue weighted by atomic mass is 32.2. The second kappa shape index (κ2) is 14.1. The van der Waals surface area contributed by atoms with Crippen LogP contribution in [0.2, 0.25) is 0 Å². The quantitative estimate of drug-likeness (QED) is 0.212. The SMILES string of the molecule is O=C(O)CCCC(=O)Nc1ccc([C@@H]2O[C@H](CSc3ccccc3C(=O)O)C[C@H](c3ccc(CO)cc3)O2)cc1. The van der Waals surface area contributed by atoms with E-state index in [2.05, 4.69) is 5.32 Å². The molecule has 1 heterocycles. The van der Waals surface area contributed by atoms with Crippen molar-refractivity contribution in [3.05, 3.63) is 95.1 Å². The highest BCUT2D eigenvalue weighted by molar-refractivity contribution is 7.99. The van der Waals surface area contributed by atoms with Gasteiger partial charge in [0, 0.05) is 41.2 Å². The third-order valence-electron chi connectivity index (χ3n) is 6.42. The number of aliphatic hydroxyl groups is 1. The predicted molar refractivity (Wildman–Crippen MR) is 149 cm³/mol. The summed E-state index contributed by atoms with van der Waals surface area (Å²) in [6.07, 6.45) is -0.362. The maximum atomic E-state index is 12.1. The number of benzene rings is 3. The number of hydrogen-bond donors (Lipinski definition) is 4. The van der Waals surface area contributed by atoms with Crippen LogP contribution in [0.1, 0.15) is 65.1 Å². The van der Waals surface area contributed by atoms with E-state index in [1.54, 1.807) is 48.5 Å². The highest BCUT2D eigenvalue weighted by Gasteiger charge is 2.32. The van der Waals surface area contributed by atoms with Crippen molar-refractivity contribution in [1.82, 2.24) is 0 Å². The van der Waals surface area contributed by atoms with Crippen LogP contribution in [0.4, 0.5) is 5.69 Å². The minimum absolute atomic E-state index is 0.0533. The van der Waals surface area contributed by atoms with Crippen LogP contribution in [0, 0.1) is 0 Å². The molecule has 0 aromatic heterocycles. The van der Waals surface area contributed by atoms with E-state index in [0.717, 1.165) is 16.7 Å². The van der Waals surface area contributed by atoms with Crippen molar-refractivity contribution < 1.29 is 39.2 Å². The Hall–Kier alpha value is -3.70. The number of aliphatic hydroxyl groups excluding tert-OH is 1. The molecule has 0 radical (unpaired) electrons. The first-order valence-corrected chi connectivity index (χ1v) is 13.9. The van der Waals surface area contributed by atoms with Gasteiger partial charge >= 0.3 is 11.9 Å². The second-order valence-corrected chi connectivity index (χ2v) is 10.4. The van der Waals surface area contributed by atoms with Crippen molar-refractivity contribution in [2.75, 3.05) is 11.1 Å². The number of carboxylic acid groups (broad SMARTS) is 2. The summed E-state index contributed by atoms with van der Waals surface area (Å²) in [5.74, 6) is -1.66. The van der Waals surface area contributed by atoms with Gasteiger partial charge in [-0.3, -0.25) is 9.59 Å². The van der Waals surface area contributed by atoms with Crippen LogP contribution >= 0.6 is 11.8 Å². The molecule has 1 aliphatic rings. The van der Waals surface area contributed by atoms with Crippen molar-refractivity contribution in [3.8, 4) is 0 Å². The van der Waals surface area contributed by atoms with Gasteiger partial charge in [0.2, 0.25) is 5.91 Å². The zero-order chi connectivity index (χ0) is 28.5. The Morgan fingerprint density at radius 1 is 0.875 bits per heavy atom. The normalized spacial score (nSPS) is 18.7. The summed E-state index contributed by atoms with van der Waals surface area (Å²) in [4.78, 5) is 35.1. The maximum absolute atomic E-state index is 12.1. The zero-order valence-electron chi connectivity index (χ0n) is 21.7. The Morgan fingerprint density at radius 2 is 1.57 bits per heavy atom. The summed E-state index contributed by atoms with van der Waals surface area (Å²) < 4.78 is 12.7.